The normalized spacial score (nSPS) is 15.1. The molecule has 1 aliphatic rings. The molecule has 4 rings (SSSR count). The molecule has 10 nitrogen and oxygen atoms in total. The lowest BCUT2D eigenvalue weighted by Crippen LogP contribution is -2.38. The maximum atomic E-state index is 13.1. The Bertz CT molecular complexity index is 1270. The van der Waals surface area contributed by atoms with Gasteiger partial charge in [0.15, 0.2) is 0 Å². The number of hydrogen-bond acceptors (Lipinski definition) is 6. The molecule has 35 heavy (non-hydrogen) atoms. The third kappa shape index (κ3) is 6.31. The number of sulfonamides is 1. The van der Waals surface area contributed by atoms with Crippen LogP contribution in [0.4, 0.5) is 11.4 Å². The molecule has 0 spiro atoms. The number of piperidine rings is 1. The van der Waals surface area contributed by atoms with Crippen molar-refractivity contribution in [2.75, 3.05) is 18.4 Å². The standard InChI is InChI=1S/C24H27N5O5S/c30-24(12-13-27-18-22(17-25-27)29(31)32)26-21-6-8-23(9-7-21)35(33,34)28-14-10-20(11-15-28)16-19-4-2-1-3-5-19/h1-9,17-18,20H,10-16H2,(H,26,30). The number of hydrogen-bond donors (Lipinski definition) is 1. The minimum absolute atomic E-state index is 0.0663. The van der Waals surface area contributed by atoms with Crippen molar-refractivity contribution in [1.82, 2.24) is 14.1 Å². The fourth-order valence-electron chi connectivity index (χ4n) is 4.17. The number of benzene rings is 2. The van der Waals surface area contributed by atoms with Gasteiger partial charge in [-0.15, -0.1) is 0 Å². The molecule has 1 aromatic heterocycles. The summed E-state index contributed by atoms with van der Waals surface area (Å²) >= 11 is 0. The molecule has 184 valence electrons. The highest BCUT2D eigenvalue weighted by Crippen LogP contribution is 2.27. The van der Waals surface area contributed by atoms with E-state index < -0.39 is 14.9 Å². The van der Waals surface area contributed by atoms with Gasteiger partial charge in [0, 0.05) is 31.7 Å². The summed E-state index contributed by atoms with van der Waals surface area (Å²) in [6, 6.07) is 16.4. The molecule has 1 saturated heterocycles. The number of nitrogens with one attached hydrogen (secondary N) is 1. The molecule has 0 aliphatic carbocycles. The van der Waals surface area contributed by atoms with Gasteiger partial charge in [-0.25, -0.2) is 8.42 Å². The maximum absolute atomic E-state index is 13.1. The first-order valence-corrected chi connectivity index (χ1v) is 12.9. The lowest BCUT2D eigenvalue weighted by atomic mass is 9.91. The first-order valence-electron chi connectivity index (χ1n) is 11.4. The van der Waals surface area contributed by atoms with Gasteiger partial charge in [0.1, 0.15) is 12.4 Å². The van der Waals surface area contributed by atoms with Crippen molar-refractivity contribution in [3.8, 4) is 0 Å². The third-order valence-corrected chi connectivity index (χ3v) is 8.03. The number of nitro groups is 1. The smallest absolute Gasteiger partial charge is 0.306 e. The van der Waals surface area contributed by atoms with Crippen molar-refractivity contribution in [1.29, 1.82) is 0 Å². The van der Waals surface area contributed by atoms with Crippen LogP contribution in [0.5, 0.6) is 0 Å². The molecule has 0 atom stereocenters. The SMILES string of the molecule is O=C(CCn1cc([N+](=O)[O-])cn1)Nc1ccc(S(=O)(=O)N2CCC(Cc3ccccc3)CC2)cc1. The van der Waals surface area contributed by atoms with Crippen molar-refractivity contribution in [2.45, 2.75) is 37.1 Å². The first-order chi connectivity index (χ1) is 16.8. The van der Waals surface area contributed by atoms with Gasteiger partial charge >= 0.3 is 5.69 Å². The van der Waals surface area contributed by atoms with Crippen LogP contribution in [-0.4, -0.2) is 46.4 Å². The van der Waals surface area contributed by atoms with Gasteiger partial charge in [-0.2, -0.15) is 9.40 Å². The summed E-state index contributed by atoms with van der Waals surface area (Å²) in [7, 11) is -3.60. The van der Waals surface area contributed by atoms with E-state index in [4.69, 9.17) is 0 Å². The van der Waals surface area contributed by atoms with E-state index in [2.05, 4.69) is 22.5 Å². The fraction of sp³-hybridized carbons (Fsp3) is 0.333. The molecule has 2 aromatic carbocycles. The molecular weight excluding hydrogens is 470 g/mol. The number of aromatic nitrogens is 2. The van der Waals surface area contributed by atoms with Crippen LogP contribution in [0.25, 0.3) is 0 Å². The lowest BCUT2D eigenvalue weighted by molar-refractivity contribution is -0.385. The minimum Gasteiger partial charge on any atom is -0.326 e. The van der Waals surface area contributed by atoms with E-state index in [9.17, 15) is 23.3 Å². The Kier molecular flexibility index (Phi) is 7.57. The molecule has 2 heterocycles. The summed E-state index contributed by atoms with van der Waals surface area (Å²) in [5, 5.41) is 17.3. The first kappa shape index (κ1) is 24.6. The average molecular weight is 498 g/mol. The van der Waals surface area contributed by atoms with Crippen LogP contribution in [0.15, 0.2) is 71.9 Å². The molecule has 1 N–H and O–H groups in total. The van der Waals surface area contributed by atoms with Gasteiger partial charge in [-0.1, -0.05) is 30.3 Å². The Morgan fingerprint density at radius 3 is 2.40 bits per heavy atom. The van der Waals surface area contributed by atoms with Gasteiger partial charge in [-0.05, 0) is 55.0 Å². The van der Waals surface area contributed by atoms with Crippen molar-refractivity contribution in [3.63, 3.8) is 0 Å². The van der Waals surface area contributed by atoms with Gasteiger partial charge < -0.3 is 5.32 Å². The number of amides is 1. The second-order valence-electron chi connectivity index (χ2n) is 8.58. The van der Waals surface area contributed by atoms with Crippen LogP contribution in [0, 0.1) is 16.0 Å². The van der Waals surface area contributed by atoms with Crippen LogP contribution in [0.1, 0.15) is 24.8 Å². The van der Waals surface area contributed by atoms with E-state index in [1.54, 1.807) is 12.1 Å². The van der Waals surface area contributed by atoms with E-state index in [-0.39, 0.29) is 29.5 Å². The van der Waals surface area contributed by atoms with Crippen molar-refractivity contribution < 1.29 is 18.1 Å². The highest BCUT2D eigenvalue weighted by molar-refractivity contribution is 7.89. The van der Waals surface area contributed by atoms with E-state index >= 15 is 0 Å². The zero-order chi connectivity index (χ0) is 24.8. The number of rotatable bonds is 9. The average Bonchev–Trinajstić information content (AvgIpc) is 3.34. The molecular formula is C24H27N5O5S. The van der Waals surface area contributed by atoms with Gasteiger partial charge in [0.25, 0.3) is 0 Å². The fourth-order valence-corrected chi connectivity index (χ4v) is 5.64. The summed E-state index contributed by atoms with van der Waals surface area (Å²) in [5.74, 6) is 0.161. The zero-order valence-corrected chi connectivity index (χ0v) is 19.9. The number of anilines is 1. The molecule has 1 aliphatic heterocycles. The largest absolute Gasteiger partial charge is 0.326 e. The quantitative estimate of drug-likeness (QED) is 0.356. The topological polar surface area (TPSA) is 127 Å². The Labute approximate surface area is 203 Å². The van der Waals surface area contributed by atoms with E-state index in [0.717, 1.165) is 25.5 Å². The Morgan fingerprint density at radius 2 is 1.77 bits per heavy atom. The Morgan fingerprint density at radius 1 is 1.09 bits per heavy atom. The third-order valence-electron chi connectivity index (χ3n) is 6.11. The second-order valence-corrected chi connectivity index (χ2v) is 10.5. The minimum atomic E-state index is -3.60. The number of aryl methyl sites for hydroxylation is 1. The van der Waals surface area contributed by atoms with Crippen LogP contribution in [-0.2, 0) is 27.8 Å². The summed E-state index contributed by atoms with van der Waals surface area (Å²) in [6.07, 6.45) is 5.06. The van der Waals surface area contributed by atoms with Crippen molar-refractivity contribution >= 4 is 27.3 Å². The summed E-state index contributed by atoms with van der Waals surface area (Å²) in [6.45, 7) is 1.17. The van der Waals surface area contributed by atoms with Gasteiger partial charge in [0.05, 0.1) is 9.82 Å². The molecule has 0 saturated carbocycles. The molecule has 3 aromatic rings. The predicted octanol–water partition coefficient (Wildman–Crippen LogP) is 3.46. The predicted molar refractivity (Wildman–Crippen MR) is 130 cm³/mol. The van der Waals surface area contributed by atoms with Crippen LogP contribution in [0.3, 0.4) is 0 Å². The monoisotopic (exact) mass is 497 g/mol. The summed E-state index contributed by atoms with van der Waals surface area (Å²) < 4.78 is 29.0. The van der Waals surface area contributed by atoms with Crippen molar-refractivity contribution in [2.24, 2.45) is 5.92 Å². The highest BCUT2D eigenvalue weighted by atomic mass is 32.2. The molecule has 0 radical (unpaired) electrons. The number of carbonyl (C=O) groups is 1. The zero-order valence-electron chi connectivity index (χ0n) is 19.1. The number of nitrogens with zero attached hydrogens (tertiary/aromatic N) is 4. The second kappa shape index (κ2) is 10.8. The molecule has 1 amide bonds. The van der Waals surface area contributed by atoms with E-state index in [0.29, 0.717) is 24.7 Å². The van der Waals surface area contributed by atoms with E-state index in [1.165, 1.54) is 32.9 Å². The molecule has 11 heteroatoms. The molecule has 1 fully saturated rings. The summed E-state index contributed by atoms with van der Waals surface area (Å²) in [5.41, 5.74) is 1.61. The Hall–Kier alpha value is -3.57. The molecule has 0 bridgehead atoms. The van der Waals surface area contributed by atoms with Gasteiger partial charge in [-0.3, -0.25) is 19.6 Å². The Balaban J connectivity index is 1.28. The van der Waals surface area contributed by atoms with Crippen LogP contribution < -0.4 is 5.32 Å². The number of carbonyl (C=O) groups excluding carboxylic acids is 1. The highest BCUT2D eigenvalue weighted by Gasteiger charge is 2.29. The van der Waals surface area contributed by atoms with Gasteiger partial charge in [0.2, 0.25) is 15.9 Å². The lowest BCUT2D eigenvalue weighted by Gasteiger charge is -2.31. The van der Waals surface area contributed by atoms with Crippen molar-refractivity contribution in [3.05, 3.63) is 82.7 Å². The molecule has 0 unspecified atom stereocenters. The van der Waals surface area contributed by atoms with E-state index in [1.807, 2.05) is 18.2 Å². The maximum Gasteiger partial charge on any atom is 0.306 e. The van der Waals surface area contributed by atoms with Crippen LogP contribution in [0.2, 0.25) is 0 Å². The summed E-state index contributed by atoms with van der Waals surface area (Å²) in [4.78, 5) is 22.6. The van der Waals surface area contributed by atoms with Crippen LogP contribution >= 0.6 is 0 Å².